The van der Waals surface area contributed by atoms with Crippen LogP contribution in [0.1, 0.15) is 20.8 Å². The highest BCUT2D eigenvalue weighted by atomic mass is 19.3. The number of hydrazine groups is 1. The van der Waals surface area contributed by atoms with Gasteiger partial charge in [-0.1, -0.05) is 0 Å². The molecule has 0 aliphatic heterocycles. The Labute approximate surface area is 109 Å². The molecule has 0 aromatic carbocycles. The molecule has 6 nitrogen and oxygen atoms in total. The van der Waals surface area contributed by atoms with Gasteiger partial charge in [-0.05, 0) is 20.8 Å². The van der Waals surface area contributed by atoms with Gasteiger partial charge in [0.25, 0.3) is 6.43 Å². The SMILES string of the molecule is CN(NCC(=O)NC(F)C(F)F)C(=O)OC(C)(C)C. The molecule has 0 aromatic rings. The van der Waals surface area contributed by atoms with Gasteiger partial charge in [-0.15, -0.1) is 0 Å². The first-order valence-electron chi connectivity index (χ1n) is 5.44. The van der Waals surface area contributed by atoms with Crippen LogP contribution in [-0.2, 0) is 9.53 Å². The number of hydrogen-bond donors (Lipinski definition) is 2. The Kier molecular flexibility index (Phi) is 6.60. The van der Waals surface area contributed by atoms with Crippen LogP contribution >= 0.6 is 0 Å². The van der Waals surface area contributed by atoms with E-state index in [1.807, 2.05) is 0 Å². The Morgan fingerprint density at radius 3 is 2.21 bits per heavy atom. The van der Waals surface area contributed by atoms with Gasteiger partial charge in [0.1, 0.15) is 5.60 Å². The van der Waals surface area contributed by atoms with Crippen molar-refractivity contribution in [2.75, 3.05) is 13.6 Å². The smallest absolute Gasteiger partial charge is 0.424 e. The fourth-order valence-electron chi connectivity index (χ4n) is 0.853. The van der Waals surface area contributed by atoms with Crippen molar-refractivity contribution in [2.24, 2.45) is 0 Å². The van der Waals surface area contributed by atoms with E-state index in [1.165, 1.54) is 12.4 Å². The van der Waals surface area contributed by atoms with Gasteiger partial charge in [0.05, 0.1) is 6.54 Å². The van der Waals surface area contributed by atoms with Gasteiger partial charge in [-0.25, -0.2) is 28.4 Å². The van der Waals surface area contributed by atoms with Crippen LogP contribution in [0, 0.1) is 0 Å². The highest BCUT2D eigenvalue weighted by molar-refractivity contribution is 5.78. The molecular formula is C10H18F3N3O3. The number of rotatable bonds is 5. The summed E-state index contributed by atoms with van der Waals surface area (Å²) in [4.78, 5) is 22.5. The standard InChI is InChI=1S/C10H18F3N3O3/c1-10(2,3)19-9(18)16(4)14-5-6(17)15-8(13)7(11)12/h7-8,14H,5H2,1-4H3,(H,15,17). The molecule has 0 spiro atoms. The summed E-state index contributed by atoms with van der Waals surface area (Å²) < 4.78 is 41.0. The topological polar surface area (TPSA) is 70.7 Å². The van der Waals surface area contributed by atoms with E-state index in [2.05, 4.69) is 5.43 Å². The lowest BCUT2D eigenvalue weighted by Gasteiger charge is -2.24. The maximum absolute atomic E-state index is 12.5. The molecule has 0 fully saturated rings. The van der Waals surface area contributed by atoms with E-state index in [1.54, 1.807) is 20.8 Å². The van der Waals surface area contributed by atoms with Crippen LogP contribution in [0.15, 0.2) is 0 Å². The summed E-state index contributed by atoms with van der Waals surface area (Å²) in [6, 6.07) is 0. The third-order valence-corrected chi connectivity index (χ3v) is 1.66. The Morgan fingerprint density at radius 1 is 1.26 bits per heavy atom. The number of ether oxygens (including phenoxy) is 1. The van der Waals surface area contributed by atoms with Crippen molar-refractivity contribution in [1.29, 1.82) is 0 Å². The predicted octanol–water partition coefficient (Wildman–Crippen LogP) is 1.03. The summed E-state index contributed by atoms with van der Waals surface area (Å²) in [5.74, 6) is -1.01. The highest BCUT2D eigenvalue weighted by Gasteiger charge is 2.22. The van der Waals surface area contributed by atoms with Gasteiger partial charge in [0.15, 0.2) is 0 Å². The van der Waals surface area contributed by atoms with Crippen LogP contribution in [0.5, 0.6) is 0 Å². The van der Waals surface area contributed by atoms with Crippen LogP contribution in [0.3, 0.4) is 0 Å². The van der Waals surface area contributed by atoms with Crippen LogP contribution in [-0.4, -0.2) is 48.9 Å². The molecule has 0 saturated heterocycles. The van der Waals surface area contributed by atoms with Crippen molar-refractivity contribution in [2.45, 2.75) is 39.1 Å². The molecule has 1 atom stereocenters. The molecule has 0 rings (SSSR count). The summed E-state index contributed by atoms with van der Waals surface area (Å²) in [5, 5.41) is 2.29. The van der Waals surface area contributed by atoms with E-state index in [0.717, 1.165) is 5.01 Å². The number of amides is 2. The number of hydrogen-bond acceptors (Lipinski definition) is 4. The quantitative estimate of drug-likeness (QED) is 0.585. The molecule has 1 unspecified atom stereocenters. The second-order valence-corrected chi connectivity index (χ2v) is 4.68. The Bertz CT molecular complexity index is 321. The number of alkyl halides is 3. The maximum atomic E-state index is 12.5. The number of carbonyl (C=O) groups excluding carboxylic acids is 2. The average Bonchev–Trinajstić information content (AvgIpc) is 2.23. The van der Waals surface area contributed by atoms with Crippen LogP contribution in [0.4, 0.5) is 18.0 Å². The molecular weight excluding hydrogens is 267 g/mol. The van der Waals surface area contributed by atoms with E-state index in [0.29, 0.717) is 0 Å². The monoisotopic (exact) mass is 285 g/mol. The molecule has 0 radical (unpaired) electrons. The fraction of sp³-hybridized carbons (Fsp3) is 0.800. The molecule has 0 saturated carbocycles. The zero-order chi connectivity index (χ0) is 15.2. The molecule has 19 heavy (non-hydrogen) atoms. The fourth-order valence-corrected chi connectivity index (χ4v) is 0.853. The first-order chi connectivity index (χ1) is 8.53. The van der Waals surface area contributed by atoms with Gasteiger partial charge in [-0.3, -0.25) is 4.79 Å². The second-order valence-electron chi connectivity index (χ2n) is 4.68. The Hall–Kier alpha value is -1.51. The first kappa shape index (κ1) is 17.5. The first-order valence-corrected chi connectivity index (χ1v) is 5.44. The van der Waals surface area contributed by atoms with Crippen LogP contribution < -0.4 is 10.7 Å². The van der Waals surface area contributed by atoms with Crippen molar-refractivity contribution in [3.05, 3.63) is 0 Å². The molecule has 0 aromatic heterocycles. The normalized spacial score (nSPS) is 13.1. The van der Waals surface area contributed by atoms with Gasteiger partial charge >= 0.3 is 6.09 Å². The minimum Gasteiger partial charge on any atom is -0.443 e. The lowest BCUT2D eigenvalue weighted by molar-refractivity contribution is -0.125. The average molecular weight is 285 g/mol. The van der Waals surface area contributed by atoms with Crippen molar-refractivity contribution < 1.29 is 27.5 Å². The third-order valence-electron chi connectivity index (χ3n) is 1.66. The molecule has 0 aliphatic carbocycles. The zero-order valence-electron chi connectivity index (χ0n) is 11.2. The Morgan fingerprint density at radius 2 is 1.79 bits per heavy atom. The van der Waals surface area contributed by atoms with Crippen molar-refractivity contribution >= 4 is 12.0 Å². The minimum atomic E-state index is -3.30. The third kappa shape index (κ3) is 8.25. The highest BCUT2D eigenvalue weighted by Crippen LogP contribution is 2.08. The van der Waals surface area contributed by atoms with E-state index >= 15 is 0 Å². The lowest BCUT2D eigenvalue weighted by Crippen LogP contribution is -2.48. The molecule has 2 amide bonds. The number of nitrogens with one attached hydrogen (secondary N) is 2. The Balaban J connectivity index is 4.06. The van der Waals surface area contributed by atoms with Crippen molar-refractivity contribution in [3.63, 3.8) is 0 Å². The largest absolute Gasteiger partial charge is 0.443 e. The summed E-state index contributed by atoms with van der Waals surface area (Å²) in [6.45, 7) is 4.42. The maximum Gasteiger partial charge on any atom is 0.424 e. The van der Waals surface area contributed by atoms with Crippen LogP contribution in [0.25, 0.3) is 0 Å². The number of nitrogens with zero attached hydrogens (tertiary/aromatic N) is 1. The zero-order valence-corrected chi connectivity index (χ0v) is 11.2. The number of carbonyl (C=O) groups is 2. The van der Waals surface area contributed by atoms with Gasteiger partial charge in [-0.2, -0.15) is 0 Å². The molecule has 0 bridgehead atoms. The van der Waals surface area contributed by atoms with E-state index in [9.17, 15) is 22.8 Å². The van der Waals surface area contributed by atoms with Crippen LogP contribution in [0.2, 0.25) is 0 Å². The second kappa shape index (κ2) is 7.17. The minimum absolute atomic E-state index is 0.539. The van der Waals surface area contributed by atoms with Gasteiger partial charge < -0.3 is 10.1 Å². The molecule has 0 aliphatic rings. The molecule has 2 N–H and O–H groups in total. The van der Waals surface area contributed by atoms with E-state index in [4.69, 9.17) is 4.74 Å². The summed E-state index contributed by atoms with van der Waals surface area (Å²) in [6.07, 6.45) is -6.79. The van der Waals surface area contributed by atoms with Gasteiger partial charge in [0.2, 0.25) is 12.2 Å². The molecule has 9 heteroatoms. The summed E-state index contributed by atoms with van der Waals surface area (Å²) in [5.41, 5.74) is 1.57. The molecule has 0 heterocycles. The van der Waals surface area contributed by atoms with Crippen molar-refractivity contribution in [1.82, 2.24) is 15.8 Å². The number of halogens is 3. The predicted molar refractivity (Wildman–Crippen MR) is 61.0 cm³/mol. The van der Waals surface area contributed by atoms with Gasteiger partial charge in [0, 0.05) is 7.05 Å². The van der Waals surface area contributed by atoms with E-state index < -0.39 is 36.9 Å². The van der Waals surface area contributed by atoms with E-state index in [-0.39, 0.29) is 0 Å². The van der Waals surface area contributed by atoms with Crippen molar-refractivity contribution in [3.8, 4) is 0 Å². The lowest BCUT2D eigenvalue weighted by atomic mass is 10.2. The summed E-state index contributed by atoms with van der Waals surface area (Å²) in [7, 11) is 1.28. The summed E-state index contributed by atoms with van der Waals surface area (Å²) >= 11 is 0. The molecule has 112 valence electrons.